The lowest BCUT2D eigenvalue weighted by Crippen LogP contribution is -2.46. The highest BCUT2D eigenvalue weighted by Gasteiger charge is 2.20. The maximum absolute atomic E-state index is 6.16. The normalized spacial score (nSPS) is 14.4. The van der Waals surface area contributed by atoms with Crippen LogP contribution in [0.5, 0.6) is 11.5 Å². The number of piperazine rings is 1. The SMILES string of the molecule is CON1CCN(c2ncc3ncnc(Nc4ccc(Oc5ccc6c(c5)ncn6C)c(C)c4)c3n2)CC1. The fourth-order valence-electron chi connectivity index (χ4n) is 4.44. The van der Waals surface area contributed by atoms with Gasteiger partial charge in [0, 0.05) is 45.0 Å². The molecule has 0 bridgehead atoms. The van der Waals surface area contributed by atoms with E-state index in [1.807, 2.05) is 60.0 Å². The van der Waals surface area contributed by atoms with Gasteiger partial charge in [0.2, 0.25) is 5.95 Å². The van der Waals surface area contributed by atoms with Crippen LogP contribution in [-0.2, 0) is 11.9 Å². The first-order valence-electron chi connectivity index (χ1n) is 12.1. The van der Waals surface area contributed by atoms with E-state index in [9.17, 15) is 0 Å². The Kier molecular flexibility index (Phi) is 5.99. The van der Waals surface area contributed by atoms with Gasteiger partial charge in [-0.1, -0.05) is 0 Å². The van der Waals surface area contributed by atoms with Gasteiger partial charge in [0.15, 0.2) is 5.82 Å². The standard InChI is InChI=1S/C26H27N9O2/c1-17-12-18(4-7-23(17)37-19-5-6-22-20(13-19)30-16-33(22)2)31-25-24-21(28-15-29-25)14-27-26(32-24)34-8-10-35(36-3)11-9-34/h4-7,12-16H,8-11H2,1-3H3,(H,28,29,31). The largest absolute Gasteiger partial charge is 0.457 e. The van der Waals surface area contributed by atoms with Gasteiger partial charge in [0.25, 0.3) is 0 Å². The minimum absolute atomic E-state index is 0.623. The van der Waals surface area contributed by atoms with Gasteiger partial charge >= 0.3 is 0 Å². The molecule has 3 aromatic heterocycles. The smallest absolute Gasteiger partial charge is 0.226 e. The van der Waals surface area contributed by atoms with E-state index in [2.05, 4.69) is 30.2 Å². The minimum atomic E-state index is 0.623. The van der Waals surface area contributed by atoms with Gasteiger partial charge in [-0.3, -0.25) is 0 Å². The highest BCUT2D eigenvalue weighted by molar-refractivity contribution is 5.87. The molecular formula is C26H27N9O2. The number of aromatic nitrogens is 6. The summed E-state index contributed by atoms with van der Waals surface area (Å²) < 4.78 is 8.14. The molecule has 1 aliphatic heterocycles. The first kappa shape index (κ1) is 23.1. The maximum atomic E-state index is 6.16. The molecule has 5 aromatic rings. The Morgan fingerprint density at radius 1 is 0.919 bits per heavy atom. The van der Waals surface area contributed by atoms with Gasteiger partial charge in [-0.2, -0.15) is 5.06 Å². The summed E-state index contributed by atoms with van der Waals surface area (Å²) >= 11 is 0. The molecule has 6 rings (SSSR count). The number of hydrogen-bond donors (Lipinski definition) is 1. The van der Waals surface area contributed by atoms with Crippen LogP contribution in [0.25, 0.3) is 22.1 Å². The van der Waals surface area contributed by atoms with E-state index < -0.39 is 0 Å². The van der Waals surface area contributed by atoms with Crippen molar-refractivity contribution in [1.29, 1.82) is 0 Å². The van der Waals surface area contributed by atoms with E-state index in [-0.39, 0.29) is 0 Å². The number of nitrogens with zero attached hydrogens (tertiary/aromatic N) is 8. The van der Waals surface area contributed by atoms with Crippen molar-refractivity contribution in [3.63, 3.8) is 0 Å². The molecule has 1 aliphatic rings. The lowest BCUT2D eigenvalue weighted by molar-refractivity contribution is -0.133. The number of aryl methyl sites for hydroxylation is 2. The summed E-state index contributed by atoms with van der Waals surface area (Å²) in [5.74, 6) is 2.80. The molecule has 2 aromatic carbocycles. The van der Waals surface area contributed by atoms with E-state index in [1.165, 1.54) is 6.33 Å². The Bertz CT molecular complexity index is 1580. The fraction of sp³-hybridized carbons (Fsp3) is 0.269. The molecule has 0 radical (unpaired) electrons. The number of fused-ring (bicyclic) bond motifs is 2. The third kappa shape index (κ3) is 4.61. The molecule has 11 nitrogen and oxygen atoms in total. The van der Waals surface area contributed by atoms with Crippen molar-refractivity contribution >= 4 is 39.5 Å². The highest BCUT2D eigenvalue weighted by Crippen LogP contribution is 2.31. The molecule has 188 valence electrons. The molecule has 1 fully saturated rings. The van der Waals surface area contributed by atoms with Gasteiger partial charge < -0.3 is 24.4 Å². The Hall–Kier alpha value is -4.35. The molecule has 0 saturated carbocycles. The third-order valence-electron chi connectivity index (χ3n) is 6.51. The summed E-state index contributed by atoms with van der Waals surface area (Å²) in [7, 11) is 3.67. The number of imidazole rings is 1. The monoisotopic (exact) mass is 497 g/mol. The molecule has 0 aliphatic carbocycles. The van der Waals surface area contributed by atoms with Crippen molar-refractivity contribution < 1.29 is 9.57 Å². The van der Waals surface area contributed by atoms with Crippen LogP contribution in [0.15, 0.2) is 55.2 Å². The summed E-state index contributed by atoms with van der Waals surface area (Å²) in [5.41, 5.74) is 5.16. The summed E-state index contributed by atoms with van der Waals surface area (Å²) in [6.45, 7) is 5.15. The zero-order valence-corrected chi connectivity index (χ0v) is 20.9. The molecule has 11 heteroatoms. The quantitative estimate of drug-likeness (QED) is 0.372. The first-order chi connectivity index (χ1) is 18.1. The van der Waals surface area contributed by atoms with Crippen LogP contribution in [0.4, 0.5) is 17.5 Å². The second-order valence-corrected chi connectivity index (χ2v) is 8.94. The van der Waals surface area contributed by atoms with Crippen molar-refractivity contribution in [1.82, 2.24) is 34.6 Å². The zero-order valence-electron chi connectivity index (χ0n) is 20.9. The van der Waals surface area contributed by atoms with Crippen LogP contribution in [0.2, 0.25) is 0 Å². The molecule has 4 heterocycles. The summed E-state index contributed by atoms with van der Waals surface area (Å²) in [4.78, 5) is 30.0. The van der Waals surface area contributed by atoms with Gasteiger partial charge in [0.05, 0.1) is 30.7 Å². The molecule has 0 spiro atoms. The zero-order chi connectivity index (χ0) is 25.4. The number of hydrogen-bond acceptors (Lipinski definition) is 10. The van der Waals surface area contributed by atoms with Crippen LogP contribution < -0.4 is 15.0 Å². The molecule has 0 unspecified atom stereocenters. The van der Waals surface area contributed by atoms with Crippen molar-refractivity contribution in [2.45, 2.75) is 6.92 Å². The molecular weight excluding hydrogens is 470 g/mol. The van der Waals surface area contributed by atoms with Gasteiger partial charge in [0.1, 0.15) is 28.9 Å². The number of benzene rings is 2. The average molecular weight is 498 g/mol. The Labute approximate surface area is 213 Å². The number of ether oxygens (including phenoxy) is 1. The van der Waals surface area contributed by atoms with E-state index in [4.69, 9.17) is 14.6 Å². The fourth-order valence-corrected chi connectivity index (χ4v) is 4.44. The van der Waals surface area contributed by atoms with E-state index >= 15 is 0 Å². The van der Waals surface area contributed by atoms with Crippen LogP contribution in [0.3, 0.4) is 0 Å². The van der Waals surface area contributed by atoms with Gasteiger partial charge in [-0.15, -0.1) is 0 Å². The van der Waals surface area contributed by atoms with Crippen LogP contribution in [-0.4, -0.2) is 67.8 Å². The molecule has 37 heavy (non-hydrogen) atoms. The number of hydroxylamine groups is 2. The highest BCUT2D eigenvalue weighted by atomic mass is 16.7. The topological polar surface area (TPSA) is 106 Å². The Morgan fingerprint density at radius 3 is 2.59 bits per heavy atom. The number of nitrogens with one attached hydrogen (secondary N) is 1. The summed E-state index contributed by atoms with van der Waals surface area (Å²) in [6, 6.07) is 11.8. The predicted molar refractivity (Wildman–Crippen MR) is 141 cm³/mol. The summed E-state index contributed by atoms with van der Waals surface area (Å²) in [6.07, 6.45) is 5.06. The number of anilines is 3. The van der Waals surface area contributed by atoms with Crippen molar-refractivity contribution in [2.24, 2.45) is 7.05 Å². The van der Waals surface area contributed by atoms with E-state index in [0.29, 0.717) is 22.8 Å². The van der Waals surface area contributed by atoms with E-state index in [1.54, 1.807) is 19.6 Å². The lowest BCUT2D eigenvalue weighted by Gasteiger charge is -2.33. The second-order valence-electron chi connectivity index (χ2n) is 8.94. The molecule has 1 saturated heterocycles. The third-order valence-corrected chi connectivity index (χ3v) is 6.51. The molecule has 0 atom stereocenters. The van der Waals surface area contributed by atoms with Crippen molar-refractivity contribution in [3.8, 4) is 11.5 Å². The molecule has 1 N–H and O–H groups in total. The lowest BCUT2D eigenvalue weighted by atomic mass is 10.2. The first-order valence-corrected chi connectivity index (χ1v) is 12.1. The number of rotatable bonds is 6. The van der Waals surface area contributed by atoms with Crippen molar-refractivity contribution in [3.05, 3.63) is 60.8 Å². The van der Waals surface area contributed by atoms with Gasteiger partial charge in [-0.25, -0.2) is 24.9 Å². The average Bonchev–Trinajstić information content (AvgIpc) is 3.30. The maximum Gasteiger partial charge on any atom is 0.226 e. The second kappa shape index (κ2) is 9.60. The Morgan fingerprint density at radius 2 is 1.78 bits per heavy atom. The van der Waals surface area contributed by atoms with Crippen LogP contribution >= 0.6 is 0 Å². The van der Waals surface area contributed by atoms with Gasteiger partial charge in [-0.05, 0) is 42.8 Å². The predicted octanol–water partition coefficient (Wildman–Crippen LogP) is 3.83. The van der Waals surface area contributed by atoms with E-state index in [0.717, 1.165) is 60.0 Å². The van der Waals surface area contributed by atoms with Crippen LogP contribution in [0, 0.1) is 6.92 Å². The van der Waals surface area contributed by atoms with Crippen molar-refractivity contribution in [2.75, 3.05) is 43.5 Å². The Balaban J connectivity index is 1.22. The summed E-state index contributed by atoms with van der Waals surface area (Å²) in [5, 5.41) is 5.33. The molecule has 0 amide bonds. The minimum Gasteiger partial charge on any atom is -0.457 e. The van der Waals surface area contributed by atoms with Crippen LogP contribution in [0.1, 0.15) is 5.56 Å².